The molecule has 1 aliphatic heterocycles. The van der Waals surface area contributed by atoms with Crippen molar-refractivity contribution in [2.75, 3.05) is 40.3 Å². The Morgan fingerprint density at radius 3 is 2.67 bits per heavy atom. The van der Waals surface area contributed by atoms with E-state index < -0.39 is 0 Å². The molecule has 3 atom stereocenters. The summed E-state index contributed by atoms with van der Waals surface area (Å²) in [7, 11) is 4.55. The summed E-state index contributed by atoms with van der Waals surface area (Å²) in [5.74, 6) is 0.758. The van der Waals surface area contributed by atoms with Gasteiger partial charge in [0.2, 0.25) is 0 Å². The molecule has 1 rings (SSSR count). The summed E-state index contributed by atoms with van der Waals surface area (Å²) in [5.41, 5.74) is 0. The maximum atomic E-state index is 3.66. The van der Waals surface area contributed by atoms with E-state index in [9.17, 15) is 0 Å². The second-order valence-corrected chi connectivity index (χ2v) is 6.05. The van der Waals surface area contributed by atoms with Crippen molar-refractivity contribution in [3.63, 3.8) is 0 Å². The van der Waals surface area contributed by atoms with Crippen LogP contribution in [0.15, 0.2) is 0 Å². The first kappa shape index (κ1) is 15.9. The first-order chi connectivity index (χ1) is 8.58. The monoisotopic (exact) mass is 255 g/mol. The van der Waals surface area contributed by atoms with E-state index in [0.29, 0.717) is 6.04 Å². The van der Waals surface area contributed by atoms with Crippen LogP contribution >= 0.6 is 0 Å². The molecular formula is C15H33N3. The summed E-state index contributed by atoms with van der Waals surface area (Å²) >= 11 is 0. The molecule has 1 saturated heterocycles. The minimum Gasteiger partial charge on any atom is -0.313 e. The number of nitrogens with zero attached hydrogens (tertiary/aromatic N) is 2. The van der Waals surface area contributed by atoms with Crippen molar-refractivity contribution in [1.82, 2.24) is 15.1 Å². The first-order valence-corrected chi connectivity index (χ1v) is 7.70. The standard InChI is InChI=1S/C15H33N3/c1-6-13(3)15(16-7-2)12-18(5)14-9-8-10-17(4)11-14/h13-16H,6-12H2,1-5H3. The molecule has 3 nitrogen and oxygen atoms in total. The van der Waals surface area contributed by atoms with Crippen LogP contribution in [0.2, 0.25) is 0 Å². The quantitative estimate of drug-likeness (QED) is 0.751. The third-order valence-electron chi connectivity index (χ3n) is 4.50. The highest BCUT2D eigenvalue weighted by molar-refractivity contribution is 4.82. The maximum Gasteiger partial charge on any atom is 0.0221 e. The van der Waals surface area contributed by atoms with Crippen molar-refractivity contribution in [2.45, 2.75) is 52.1 Å². The van der Waals surface area contributed by atoms with Crippen LogP contribution in [0.3, 0.4) is 0 Å². The van der Waals surface area contributed by atoms with E-state index in [1.807, 2.05) is 0 Å². The molecule has 0 spiro atoms. The van der Waals surface area contributed by atoms with Gasteiger partial charge in [-0.2, -0.15) is 0 Å². The molecule has 1 fully saturated rings. The Hall–Kier alpha value is -0.120. The van der Waals surface area contributed by atoms with Gasteiger partial charge in [0.05, 0.1) is 0 Å². The van der Waals surface area contributed by atoms with Gasteiger partial charge >= 0.3 is 0 Å². The zero-order valence-corrected chi connectivity index (χ0v) is 13.1. The van der Waals surface area contributed by atoms with E-state index in [2.05, 4.69) is 50.0 Å². The average Bonchev–Trinajstić information content (AvgIpc) is 2.37. The minimum atomic E-state index is 0.636. The van der Waals surface area contributed by atoms with Gasteiger partial charge in [-0.1, -0.05) is 27.2 Å². The fourth-order valence-electron chi connectivity index (χ4n) is 2.95. The van der Waals surface area contributed by atoms with Gasteiger partial charge in [0.15, 0.2) is 0 Å². The van der Waals surface area contributed by atoms with Gasteiger partial charge in [-0.25, -0.2) is 0 Å². The highest BCUT2D eigenvalue weighted by atomic mass is 15.2. The predicted octanol–water partition coefficient (Wildman–Crippen LogP) is 2.04. The van der Waals surface area contributed by atoms with Crippen LogP contribution in [0, 0.1) is 5.92 Å². The largest absolute Gasteiger partial charge is 0.313 e. The molecule has 0 amide bonds. The van der Waals surface area contributed by atoms with E-state index in [4.69, 9.17) is 0 Å². The lowest BCUT2D eigenvalue weighted by Crippen LogP contribution is -2.51. The van der Waals surface area contributed by atoms with Crippen LogP contribution in [0.25, 0.3) is 0 Å². The molecule has 0 aromatic carbocycles. The Labute approximate surface area is 114 Å². The lowest BCUT2D eigenvalue weighted by molar-refractivity contribution is 0.117. The van der Waals surface area contributed by atoms with Gasteiger partial charge < -0.3 is 15.1 Å². The fourth-order valence-corrected chi connectivity index (χ4v) is 2.95. The number of piperidine rings is 1. The molecule has 108 valence electrons. The molecule has 3 heteroatoms. The molecule has 0 aliphatic carbocycles. The third kappa shape index (κ3) is 4.87. The van der Waals surface area contributed by atoms with Crippen LogP contribution in [-0.4, -0.2) is 62.2 Å². The molecule has 1 heterocycles. The van der Waals surface area contributed by atoms with Crippen molar-refractivity contribution in [3.8, 4) is 0 Å². The van der Waals surface area contributed by atoms with Gasteiger partial charge in [-0.15, -0.1) is 0 Å². The van der Waals surface area contributed by atoms with Gasteiger partial charge in [0.1, 0.15) is 0 Å². The number of hydrogen-bond donors (Lipinski definition) is 1. The predicted molar refractivity (Wildman–Crippen MR) is 80.1 cm³/mol. The van der Waals surface area contributed by atoms with Crippen molar-refractivity contribution in [1.29, 1.82) is 0 Å². The van der Waals surface area contributed by atoms with Crippen LogP contribution < -0.4 is 5.32 Å². The van der Waals surface area contributed by atoms with Crippen LogP contribution in [0.1, 0.15) is 40.0 Å². The molecule has 0 radical (unpaired) electrons. The summed E-state index contributed by atoms with van der Waals surface area (Å²) < 4.78 is 0. The molecule has 0 bridgehead atoms. The molecule has 0 aromatic heterocycles. The normalized spacial score (nSPS) is 25.3. The average molecular weight is 255 g/mol. The van der Waals surface area contributed by atoms with E-state index in [0.717, 1.165) is 18.5 Å². The topological polar surface area (TPSA) is 18.5 Å². The summed E-state index contributed by atoms with van der Waals surface area (Å²) in [4.78, 5) is 5.05. The van der Waals surface area contributed by atoms with Gasteiger partial charge in [0.25, 0.3) is 0 Å². The van der Waals surface area contributed by atoms with Crippen molar-refractivity contribution in [3.05, 3.63) is 0 Å². The van der Waals surface area contributed by atoms with Crippen molar-refractivity contribution < 1.29 is 0 Å². The van der Waals surface area contributed by atoms with Gasteiger partial charge in [-0.05, 0) is 45.9 Å². The zero-order valence-electron chi connectivity index (χ0n) is 13.1. The van der Waals surface area contributed by atoms with E-state index in [1.54, 1.807) is 0 Å². The third-order valence-corrected chi connectivity index (χ3v) is 4.50. The SMILES string of the molecule is CCNC(CN(C)C1CCCN(C)C1)C(C)CC. The Balaban J connectivity index is 2.46. The smallest absolute Gasteiger partial charge is 0.0221 e. The summed E-state index contributed by atoms with van der Waals surface area (Å²) in [6.07, 6.45) is 3.97. The van der Waals surface area contributed by atoms with Gasteiger partial charge in [0, 0.05) is 25.2 Å². The van der Waals surface area contributed by atoms with E-state index in [-0.39, 0.29) is 0 Å². The Kier molecular flexibility index (Phi) is 7.20. The Morgan fingerprint density at radius 1 is 1.39 bits per heavy atom. The zero-order chi connectivity index (χ0) is 13.5. The van der Waals surface area contributed by atoms with Crippen LogP contribution in [0.5, 0.6) is 0 Å². The molecule has 1 N–H and O–H groups in total. The first-order valence-electron chi connectivity index (χ1n) is 7.70. The summed E-state index contributed by atoms with van der Waals surface area (Å²) in [6.45, 7) is 11.6. The fraction of sp³-hybridized carbons (Fsp3) is 1.00. The highest BCUT2D eigenvalue weighted by Crippen LogP contribution is 2.16. The Morgan fingerprint density at radius 2 is 2.11 bits per heavy atom. The molecule has 1 aliphatic rings. The minimum absolute atomic E-state index is 0.636. The van der Waals surface area contributed by atoms with Gasteiger partial charge in [-0.3, -0.25) is 0 Å². The van der Waals surface area contributed by atoms with Crippen LogP contribution in [0.4, 0.5) is 0 Å². The van der Waals surface area contributed by atoms with E-state index >= 15 is 0 Å². The van der Waals surface area contributed by atoms with Crippen molar-refractivity contribution >= 4 is 0 Å². The Bertz CT molecular complexity index is 220. The number of rotatable bonds is 7. The molecule has 3 unspecified atom stereocenters. The second kappa shape index (κ2) is 8.13. The number of likely N-dealkylation sites (N-methyl/N-ethyl adjacent to an activating group) is 3. The maximum absolute atomic E-state index is 3.66. The number of nitrogens with one attached hydrogen (secondary N) is 1. The molecule has 18 heavy (non-hydrogen) atoms. The molecule has 0 saturated carbocycles. The summed E-state index contributed by atoms with van der Waals surface area (Å²) in [5, 5.41) is 3.66. The molecule has 0 aromatic rings. The summed E-state index contributed by atoms with van der Waals surface area (Å²) in [6, 6.07) is 1.38. The van der Waals surface area contributed by atoms with E-state index in [1.165, 1.54) is 38.9 Å². The lowest BCUT2D eigenvalue weighted by Gasteiger charge is -2.38. The highest BCUT2D eigenvalue weighted by Gasteiger charge is 2.24. The van der Waals surface area contributed by atoms with Crippen molar-refractivity contribution in [2.24, 2.45) is 5.92 Å². The van der Waals surface area contributed by atoms with Crippen LogP contribution in [-0.2, 0) is 0 Å². The number of likely N-dealkylation sites (tertiary alicyclic amines) is 1. The number of hydrogen-bond acceptors (Lipinski definition) is 3. The lowest BCUT2D eigenvalue weighted by atomic mass is 9.97. The molecular weight excluding hydrogens is 222 g/mol. The second-order valence-electron chi connectivity index (χ2n) is 6.05.